The number of rotatable bonds is 7. The predicted octanol–water partition coefficient (Wildman–Crippen LogP) is 1.45. The van der Waals surface area contributed by atoms with E-state index >= 15 is 0 Å². The molecule has 2 rings (SSSR count). The summed E-state index contributed by atoms with van der Waals surface area (Å²) in [5.74, 6) is 2.47. The Morgan fingerprint density at radius 2 is 2.22 bits per heavy atom. The third-order valence-electron chi connectivity index (χ3n) is 2.51. The van der Waals surface area contributed by atoms with Crippen LogP contribution in [0, 0.1) is 0 Å². The van der Waals surface area contributed by atoms with E-state index in [0.29, 0.717) is 5.75 Å². The molecule has 0 fully saturated rings. The highest BCUT2D eigenvalue weighted by molar-refractivity contribution is 7.98. The molecule has 0 unspecified atom stereocenters. The Balaban J connectivity index is 1.91. The number of nitrogens with one attached hydrogen (secondary N) is 1. The number of hydrogen-bond donors (Lipinski definition) is 1. The third kappa shape index (κ3) is 3.28. The number of thioether (sulfide) groups is 1. The largest absolute Gasteiger partial charge is 0.262 e. The van der Waals surface area contributed by atoms with Gasteiger partial charge in [0.05, 0.1) is 5.75 Å². The van der Waals surface area contributed by atoms with E-state index in [4.69, 9.17) is 0 Å². The van der Waals surface area contributed by atoms with Crippen molar-refractivity contribution in [3.8, 4) is 0 Å². The molecule has 2 aromatic rings. The van der Waals surface area contributed by atoms with Gasteiger partial charge in [0.15, 0.2) is 5.82 Å². The summed E-state index contributed by atoms with van der Waals surface area (Å²) in [6, 6.07) is 0. The number of hydrogen-bond acceptors (Lipinski definition) is 6. The van der Waals surface area contributed by atoms with Crippen molar-refractivity contribution < 1.29 is 0 Å². The second-order valence-corrected chi connectivity index (χ2v) is 4.82. The molecule has 0 saturated heterocycles. The van der Waals surface area contributed by atoms with Crippen molar-refractivity contribution in [2.75, 3.05) is 0 Å². The van der Waals surface area contributed by atoms with Gasteiger partial charge in [0, 0.05) is 13.0 Å². The van der Waals surface area contributed by atoms with Gasteiger partial charge in [-0.15, -0.1) is 10.2 Å². The third-order valence-corrected chi connectivity index (χ3v) is 3.35. The summed E-state index contributed by atoms with van der Waals surface area (Å²) in [4.78, 5) is 4.34. The molecule has 0 amide bonds. The molecule has 7 nitrogen and oxygen atoms in total. The van der Waals surface area contributed by atoms with Crippen LogP contribution in [0.25, 0.3) is 0 Å². The number of nitrogens with zero attached hydrogens (tertiary/aromatic N) is 6. The van der Waals surface area contributed by atoms with Gasteiger partial charge in [-0.3, -0.25) is 5.10 Å². The monoisotopic (exact) mass is 267 g/mol. The molecule has 0 aliphatic heterocycles. The highest BCUT2D eigenvalue weighted by Crippen LogP contribution is 2.17. The zero-order chi connectivity index (χ0) is 12.8. The molecular weight excluding hydrogens is 250 g/mol. The summed E-state index contributed by atoms with van der Waals surface area (Å²) in [5.41, 5.74) is 0. The molecular formula is C10H17N7S. The number of unbranched alkanes of at least 4 members (excludes halogenated alkanes) is 1. The van der Waals surface area contributed by atoms with Gasteiger partial charge in [0.1, 0.15) is 5.82 Å². The lowest BCUT2D eigenvalue weighted by Crippen LogP contribution is -2.05. The molecule has 98 valence electrons. The molecule has 1 N–H and O–H groups in total. The predicted molar refractivity (Wildman–Crippen MR) is 68.0 cm³/mol. The number of aromatic nitrogens is 7. The molecule has 0 spiro atoms. The van der Waals surface area contributed by atoms with Crippen molar-refractivity contribution in [2.24, 2.45) is 0 Å². The van der Waals surface area contributed by atoms with Gasteiger partial charge in [0.2, 0.25) is 5.16 Å². The lowest BCUT2D eigenvalue weighted by atomic mass is 10.3. The summed E-state index contributed by atoms with van der Waals surface area (Å²) >= 11 is 1.55. The van der Waals surface area contributed by atoms with E-state index in [2.05, 4.69) is 37.6 Å². The number of tetrazole rings is 1. The van der Waals surface area contributed by atoms with Crippen molar-refractivity contribution in [3.05, 3.63) is 11.6 Å². The van der Waals surface area contributed by atoms with E-state index < -0.39 is 0 Å². The molecule has 18 heavy (non-hydrogen) atoms. The number of aromatic amines is 1. The van der Waals surface area contributed by atoms with Gasteiger partial charge in [-0.05, 0) is 16.8 Å². The van der Waals surface area contributed by atoms with Crippen LogP contribution in [0.2, 0.25) is 0 Å². The van der Waals surface area contributed by atoms with E-state index in [1.165, 1.54) is 0 Å². The van der Waals surface area contributed by atoms with E-state index in [0.717, 1.165) is 42.6 Å². The number of H-pyrrole nitrogens is 1. The van der Waals surface area contributed by atoms with E-state index in [1.807, 2.05) is 11.6 Å². The van der Waals surface area contributed by atoms with Crippen molar-refractivity contribution >= 4 is 11.8 Å². The lowest BCUT2D eigenvalue weighted by Gasteiger charge is -2.01. The Morgan fingerprint density at radius 1 is 1.33 bits per heavy atom. The average molecular weight is 267 g/mol. The van der Waals surface area contributed by atoms with Crippen molar-refractivity contribution in [3.63, 3.8) is 0 Å². The first kappa shape index (κ1) is 13.0. The first-order valence-electron chi connectivity index (χ1n) is 6.12. The van der Waals surface area contributed by atoms with Crippen LogP contribution < -0.4 is 0 Å². The van der Waals surface area contributed by atoms with Gasteiger partial charge in [-0.1, -0.05) is 32.0 Å². The van der Waals surface area contributed by atoms with Crippen LogP contribution in [0.4, 0.5) is 0 Å². The molecule has 0 atom stereocenters. The fourth-order valence-corrected chi connectivity index (χ4v) is 2.19. The molecule has 0 saturated carbocycles. The van der Waals surface area contributed by atoms with Crippen molar-refractivity contribution in [2.45, 2.75) is 50.6 Å². The SMILES string of the molecule is CCCCn1nnnc1CSc1n[nH]c(CC)n1. The minimum Gasteiger partial charge on any atom is -0.262 e. The zero-order valence-electron chi connectivity index (χ0n) is 10.6. The molecule has 0 aliphatic carbocycles. The molecule has 0 aliphatic rings. The van der Waals surface area contributed by atoms with E-state index in [9.17, 15) is 0 Å². The summed E-state index contributed by atoms with van der Waals surface area (Å²) in [5, 5.41) is 19.5. The van der Waals surface area contributed by atoms with Crippen molar-refractivity contribution in [1.29, 1.82) is 0 Å². The van der Waals surface area contributed by atoms with Gasteiger partial charge < -0.3 is 0 Å². The molecule has 0 aromatic carbocycles. The highest BCUT2D eigenvalue weighted by Gasteiger charge is 2.08. The van der Waals surface area contributed by atoms with Gasteiger partial charge in [0.25, 0.3) is 0 Å². The van der Waals surface area contributed by atoms with Crippen LogP contribution in [0.15, 0.2) is 5.16 Å². The Morgan fingerprint density at radius 3 is 2.94 bits per heavy atom. The first-order valence-corrected chi connectivity index (χ1v) is 7.11. The Hall–Kier alpha value is -1.44. The first-order chi connectivity index (χ1) is 8.83. The normalized spacial score (nSPS) is 11.0. The maximum absolute atomic E-state index is 4.34. The minimum absolute atomic E-state index is 0.692. The number of aryl methyl sites for hydroxylation is 2. The van der Waals surface area contributed by atoms with Crippen LogP contribution in [0.5, 0.6) is 0 Å². The Labute approximate surface area is 110 Å². The highest BCUT2D eigenvalue weighted by atomic mass is 32.2. The van der Waals surface area contributed by atoms with Crippen LogP contribution in [-0.2, 0) is 18.7 Å². The standard InChI is InChI=1S/C10H17N7S/c1-3-5-6-17-9(13-15-16-17)7-18-10-11-8(4-2)12-14-10/h3-7H2,1-2H3,(H,11,12,14). The summed E-state index contributed by atoms with van der Waals surface area (Å²) < 4.78 is 1.85. The average Bonchev–Trinajstić information content (AvgIpc) is 3.02. The summed E-state index contributed by atoms with van der Waals surface area (Å²) in [6.07, 6.45) is 3.08. The van der Waals surface area contributed by atoms with Crippen LogP contribution in [0.3, 0.4) is 0 Å². The fourth-order valence-electron chi connectivity index (χ4n) is 1.44. The zero-order valence-corrected chi connectivity index (χ0v) is 11.4. The van der Waals surface area contributed by atoms with E-state index in [1.54, 1.807) is 11.8 Å². The summed E-state index contributed by atoms with van der Waals surface area (Å²) in [7, 11) is 0. The molecule has 0 bridgehead atoms. The molecule has 0 radical (unpaired) electrons. The van der Waals surface area contributed by atoms with Crippen LogP contribution in [0.1, 0.15) is 38.3 Å². The topological polar surface area (TPSA) is 85.2 Å². The van der Waals surface area contributed by atoms with Gasteiger partial charge in [-0.2, -0.15) is 0 Å². The van der Waals surface area contributed by atoms with E-state index in [-0.39, 0.29) is 0 Å². The molecule has 8 heteroatoms. The lowest BCUT2D eigenvalue weighted by molar-refractivity contribution is 0.540. The van der Waals surface area contributed by atoms with Crippen LogP contribution >= 0.6 is 11.8 Å². The summed E-state index contributed by atoms with van der Waals surface area (Å²) in [6.45, 7) is 5.06. The molecule has 2 aromatic heterocycles. The van der Waals surface area contributed by atoms with Crippen molar-refractivity contribution in [1.82, 2.24) is 35.4 Å². The maximum atomic E-state index is 4.34. The maximum Gasteiger partial charge on any atom is 0.208 e. The quantitative estimate of drug-likeness (QED) is 0.764. The Bertz CT molecular complexity index is 478. The second kappa shape index (κ2) is 6.48. The Kier molecular flexibility index (Phi) is 4.68. The second-order valence-electron chi connectivity index (χ2n) is 3.88. The van der Waals surface area contributed by atoms with Gasteiger partial charge in [-0.25, -0.2) is 9.67 Å². The van der Waals surface area contributed by atoms with Crippen LogP contribution in [-0.4, -0.2) is 35.4 Å². The smallest absolute Gasteiger partial charge is 0.208 e. The molecule has 2 heterocycles. The van der Waals surface area contributed by atoms with Gasteiger partial charge >= 0.3 is 0 Å². The minimum atomic E-state index is 0.692. The fraction of sp³-hybridized carbons (Fsp3) is 0.700.